The second-order valence-electron chi connectivity index (χ2n) is 2.86. The lowest BCUT2D eigenvalue weighted by Crippen LogP contribution is -2.07. The van der Waals surface area contributed by atoms with Crippen molar-refractivity contribution in [1.82, 2.24) is 15.0 Å². The molecule has 0 fully saturated rings. The summed E-state index contributed by atoms with van der Waals surface area (Å²) in [5.41, 5.74) is 10.9. The van der Waals surface area contributed by atoms with Gasteiger partial charge in [0.2, 0.25) is 17.8 Å². The molecule has 1 aliphatic heterocycles. The number of nitrogen functional groups attached to an aromatic ring is 2. The Kier molecular flexibility index (Phi) is 3.06. The molecule has 0 spiro atoms. The summed E-state index contributed by atoms with van der Waals surface area (Å²) in [4.78, 5) is 11.5. The van der Waals surface area contributed by atoms with Crippen molar-refractivity contribution in [3.8, 4) is 0 Å². The van der Waals surface area contributed by atoms with Crippen molar-refractivity contribution in [2.45, 2.75) is 0 Å². The molecule has 1 aliphatic rings. The number of hydrogen-bond acceptors (Lipinski definition) is 7. The van der Waals surface area contributed by atoms with Gasteiger partial charge in [-0.3, -0.25) is 0 Å². The zero-order chi connectivity index (χ0) is 11.4. The van der Waals surface area contributed by atoms with Gasteiger partial charge in [0.25, 0.3) is 0 Å². The van der Waals surface area contributed by atoms with Crippen LogP contribution in [0.4, 0.5) is 17.8 Å². The van der Waals surface area contributed by atoms with E-state index in [4.69, 9.17) is 11.5 Å². The fourth-order valence-electron chi connectivity index (χ4n) is 1.05. The maximum atomic E-state index is 5.46. The average molecular weight is 234 g/mol. The molecule has 1 aromatic heterocycles. The van der Waals surface area contributed by atoms with Crippen molar-refractivity contribution in [2.75, 3.05) is 16.8 Å². The van der Waals surface area contributed by atoms with Gasteiger partial charge in [-0.1, -0.05) is 30.0 Å². The number of nitrogens with zero attached hydrogens (tertiary/aromatic N) is 3. The van der Waals surface area contributed by atoms with Crippen LogP contribution in [0.2, 0.25) is 0 Å². The Hall–Kier alpha value is -2.02. The molecule has 82 valence electrons. The highest BCUT2D eigenvalue weighted by molar-refractivity contribution is 8.05. The highest BCUT2D eigenvalue weighted by Gasteiger charge is 2.03. The maximum Gasteiger partial charge on any atom is 0.234 e. The summed E-state index contributed by atoms with van der Waals surface area (Å²) >= 11 is 1.52. The lowest BCUT2D eigenvalue weighted by atomic mass is 10.5. The van der Waals surface area contributed by atoms with Gasteiger partial charge in [-0.25, -0.2) is 0 Å². The molecular formula is C9H10N6S. The van der Waals surface area contributed by atoms with E-state index in [1.165, 1.54) is 11.8 Å². The Morgan fingerprint density at radius 1 is 1.00 bits per heavy atom. The van der Waals surface area contributed by atoms with Crippen LogP contribution in [0.1, 0.15) is 0 Å². The van der Waals surface area contributed by atoms with Crippen molar-refractivity contribution >= 4 is 29.6 Å². The second-order valence-corrected chi connectivity index (χ2v) is 3.81. The van der Waals surface area contributed by atoms with Crippen LogP contribution in [0, 0.1) is 0 Å². The summed E-state index contributed by atoms with van der Waals surface area (Å²) in [6.45, 7) is 0. The molecule has 2 rings (SSSR count). The van der Waals surface area contributed by atoms with Crippen LogP contribution in [-0.2, 0) is 0 Å². The van der Waals surface area contributed by atoms with Gasteiger partial charge in [0, 0.05) is 0 Å². The summed E-state index contributed by atoms with van der Waals surface area (Å²) in [5.74, 6) is 0.535. The highest BCUT2D eigenvalue weighted by atomic mass is 32.2. The standard InChI is InChI=1S/C9H10N6S/c10-7-13-8(11)15-9(14-7)12-6-4-2-1-3-5-16-6/h1-5H,(H5,10,11,12,13,14,15). The first kappa shape index (κ1) is 10.5. The first-order valence-electron chi connectivity index (χ1n) is 4.48. The van der Waals surface area contributed by atoms with Crippen LogP contribution in [-0.4, -0.2) is 15.0 Å². The molecule has 7 heteroatoms. The van der Waals surface area contributed by atoms with Gasteiger partial charge in [0.1, 0.15) is 0 Å². The van der Waals surface area contributed by atoms with Crippen LogP contribution in [0.5, 0.6) is 0 Å². The molecule has 6 nitrogen and oxygen atoms in total. The summed E-state index contributed by atoms with van der Waals surface area (Å²) in [6.07, 6.45) is 7.68. The first-order chi connectivity index (χ1) is 7.74. The number of aromatic nitrogens is 3. The number of allylic oxidation sites excluding steroid dienone is 4. The van der Waals surface area contributed by atoms with Gasteiger partial charge in [-0.2, -0.15) is 15.0 Å². The topological polar surface area (TPSA) is 103 Å². The Bertz CT molecular complexity index is 459. The van der Waals surface area contributed by atoms with Crippen LogP contribution in [0.3, 0.4) is 0 Å². The maximum absolute atomic E-state index is 5.46. The Morgan fingerprint density at radius 2 is 1.75 bits per heavy atom. The molecule has 0 saturated heterocycles. The van der Waals surface area contributed by atoms with E-state index in [1.807, 2.05) is 29.7 Å². The van der Waals surface area contributed by atoms with E-state index in [0.29, 0.717) is 5.95 Å². The van der Waals surface area contributed by atoms with Gasteiger partial charge in [0.05, 0.1) is 5.03 Å². The zero-order valence-corrected chi connectivity index (χ0v) is 9.11. The van der Waals surface area contributed by atoms with Crippen molar-refractivity contribution in [2.24, 2.45) is 0 Å². The molecule has 0 atom stereocenters. The first-order valence-corrected chi connectivity index (χ1v) is 5.36. The molecule has 0 saturated carbocycles. The van der Waals surface area contributed by atoms with Crippen molar-refractivity contribution in [3.63, 3.8) is 0 Å². The van der Waals surface area contributed by atoms with Gasteiger partial charge >= 0.3 is 0 Å². The fraction of sp³-hybridized carbons (Fsp3) is 0. The smallest absolute Gasteiger partial charge is 0.234 e. The molecule has 5 N–H and O–H groups in total. The molecule has 2 heterocycles. The third kappa shape index (κ3) is 2.74. The summed E-state index contributed by atoms with van der Waals surface area (Å²) in [7, 11) is 0. The SMILES string of the molecule is Nc1nc(N)nc(NC2=CC=CC=CS2)n1. The Labute approximate surface area is 96.6 Å². The minimum absolute atomic E-state index is 0.0975. The molecular weight excluding hydrogens is 224 g/mol. The third-order valence-corrected chi connectivity index (χ3v) is 2.43. The van der Waals surface area contributed by atoms with Crippen molar-refractivity contribution in [3.05, 3.63) is 34.7 Å². The molecule has 1 aromatic rings. The Morgan fingerprint density at radius 3 is 2.50 bits per heavy atom. The number of hydrogen-bond donors (Lipinski definition) is 3. The van der Waals surface area contributed by atoms with E-state index >= 15 is 0 Å². The minimum Gasteiger partial charge on any atom is -0.368 e. The normalized spacial score (nSPS) is 14.4. The molecule has 0 aromatic carbocycles. The summed E-state index contributed by atoms with van der Waals surface area (Å²) in [5, 5.41) is 5.83. The predicted molar refractivity (Wildman–Crippen MR) is 66.2 cm³/mol. The number of thioether (sulfide) groups is 1. The van der Waals surface area contributed by atoms with E-state index in [1.54, 1.807) is 0 Å². The minimum atomic E-state index is 0.0975. The monoisotopic (exact) mass is 234 g/mol. The van der Waals surface area contributed by atoms with Gasteiger partial charge in [-0.15, -0.1) is 0 Å². The van der Waals surface area contributed by atoms with Crippen LogP contribution in [0.25, 0.3) is 0 Å². The van der Waals surface area contributed by atoms with Crippen LogP contribution in [0.15, 0.2) is 34.7 Å². The van der Waals surface area contributed by atoms with Crippen LogP contribution < -0.4 is 16.8 Å². The van der Waals surface area contributed by atoms with E-state index in [9.17, 15) is 0 Å². The summed E-state index contributed by atoms with van der Waals surface area (Å²) < 4.78 is 0. The van der Waals surface area contributed by atoms with E-state index in [0.717, 1.165) is 5.03 Å². The van der Waals surface area contributed by atoms with E-state index in [-0.39, 0.29) is 11.9 Å². The lowest BCUT2D eigenvalue weighted by Gasteiger charge is -2.06. The molecule has 0 aliphatic carbocycles. The van der Waals surface area contributed by atoms with Crippen molar-refractivity contribution in [1.29, 1.82) is 0 Å². The second kappa shape index (κ2) is 4.67. The number of nitrogens with two attached hydrogens (primary N) is 2. The predicted octanol–water partition coefficient (Wildman–Crippen LogP) is 1.11. The number of rotatable bonds is 2. The van der Waals surface area contributed by atoms with Gasteiger partial charge in [0.15, 0.2) is 0 Å². The van der Waals surface area contributed by atoms with E-state index in [2.05, 4.69) is 20.3 Å². The molecule has 16 heavy (non-hydrogen) atoms. The molecule has 0 unspecified atom stereocenters. The quantitative estimate of drug-likeness (QED) is 0.704. The third-order valence-electron chi connectivity index (χ3n) is 1.65. The van der Waals surface area contributed by atoms with E-state index < -0.39 is 0 Å². The van der Waals surface area contributed by atoms with Crippen LogP contribution >= 0.6 is 11.8 Å². The molecule has 0 radical (unpaired) electrons. The summed E-state index contributed by atoms with van der Waals surface area (Å²) in [6, 6.07) is 0. The van der Waals surface area contributed by atoms with Gasteiger partial charge < -0.3 is 16.8 Å². The Balaban J connectivity index is 2.17. The largest absolute Gasteiger partial charge is 0.368 e. The number of anilines is 3. The lowest BCUT2D eigenvalue weighted by molar-refractivity contribution is 1.08. The fourth-order valence-corrected chi connectivity index (χ4v) is 1.67. The molecule has 0 bridgehead atoms. The average Bonchev–Trinajstić information content (AvgIpc) is 2.44. The zero-order valence-electron chi connectivity index (χ0n) is 8.29. The molecule has 0 amide bonds. The number of nitrogens with one attached hydrogen (secondary N) is 1. The van der Waals surface area contributed by atoms with Gasteiger partial charge in [-0.05, 0) is 11.5 Å². The van der Waals surface area contributed by atoms with Crippen molar-refractivity contribution < 1.29 is 0 Å². The highest BCUT2D eigenvalue weighted by Crippen LogP contribution is 2.20.